The summed E-state index contributed by atoms with van der Waals surface area (Å²) in [6.45, 7) is 6.45. The van der Waals surface area contributed by atoms with Gasteiger partial charge in [-0.3, -0.25) is 0 Å². The quantitative estimate of drug-likeness (QED) is 0.912. The average molecular weight is 284 g/mol. The van der Waals surface area contributed by atoms with Gasteiger partial charge in [0, 0.05) is 17.6 Å². The van der Waals surface area contributed by atoms with Crippen molar-refractivity contribution in [2.45, 2.75) is 39.7 Å². The van der Waals surface area contributed by atoms with Crippen LogP contribution in [0.15, 0.2) is 18.2 Å². The Bertz CT molecular complexity index is 649. The van der Waals surface area contributed by atoms with E-state index in [2.05, 4.69) is 31.3 Å². The molecule has 2 aromatic rings. The van der Waals surface area contributed by atoms with Crippen molar-refractivity contribution in [1.29, 1.82) is 0 Å². The molecule has 0 atom stereocenters. The lowest BCUT2D eigenvalue weighted by atomic mass is 10.0. The van der Waals surface area contributed by atoms with E-state index < -0.39 is 0 Å². The third-order valence-corrected chi connectivity index (χ3v) is 4.20. The number of pyridine rings is 1. The van der Waals surface area contributed by atoms with Gasteiger partial charge < -0.3 is 10.1 Å². The summed E-state index contributed by atoms with van der Waals surface area (Å²) in [7, 11) is 1.72. The first kappa shape index (κ1) is 14.3. The highest BCUT2D eigenvalue weighted by Gasteiger charge is 2.20. The van der Waals surface area contributed by atoms with E-state index in [1.165, 1.54) is 28.6 Å². The number of nitrogens with zero attached hydrogens (tertiary/aromatic N) is 1. The van der Waals surface area contributed by atoms with Crippen molar-refractivity contribution in [3.05, 3.63) is 35.0 Å². The summed E-state index contributed by atoms with van der Waals surface area (Å²) < 4.78 is 5.50. The molecule has 21 heavy (non-hydrogen) atoms. The second kappa shape index (κ2) is 6.02. The molecule has 0 amide bonds. The molecule has 1 aromatic heterocycles. The maximum atomic E-state index is 5.50. The van der Waals surface area contributed by atoms with Gasteiger partial charge in [-0.2, -0.15) is 0 Å². The molecule has 1 aliphatic rings. The minimum absolute atomic E-state index is 0.667. The van der Waals surface area contributed by atoms with Gasteiger partial charge in [0.2, 0.25) is 0 Å². The van der Waals surface area contributed by atoms with Crippen molar-refractivity contribution in [2.24, 2.45) is 5.92 Å². The number of aromatic nitrogens is 1. The Morgan fingerprint density at radius 3 is 2.90 bits per heavy atom. The van der Waals surface area contributed by atoms with Gasteiger partial charge in [0.05, 0.1) is 7.11 Å². The number of fused-ring (bicyclic) bond motifs is 2. The lowest BCUT2D eigenvalue weighted by Gasteiger charge is -2.15. The Morgan fingerprint density at radius 2 is 2.14 bits per heavy atom. The number of hydrogen-bond donors (Lipinski definition) is 1. The Labute approximate surface area is 126 Å². The summed E-state index contributed by atoms with van der Waals surface area (Å²) in [6, 6.07) is 6.24. The lowest BCUT2D eigenvalue weighted by molar-refractivity contribution is 0.418. The number of benzene rings is 1. The zero-order valence-electron chi connectivity index (χ0n) is 13.2. The SMILES string of the molecule is COc1cccc2c(CNCC(C)C)c3c(nc12)CCC3. The Balaban J connectivity index is 2.07. The molecule has 3 rings (SSSR count). The lowest BCUT2D eigenvalue weighted by Crippen LogP contribution is -2.20. The number of methoxy groups -OCH3 is 1. The number of ether oxygens (including phenoxy) is 1. The van der Waals surface area contributed by atoms with Crippen molar-refractivity contribution in [3.63, 3.8) is 0 Å². The first-order valence-corrected chi connectivity index (χ1v) is 7.88. The van der Waals surface area contributed by atoms with Gasteiger partial charge >= 0.3 is 0 Å². The van der Waals surface area contributed by atoms with Crippen LogP contribution in [0.2, 0.25) is 0 Å². The van der Waals surface area contributed by atoms with Gasteiger partial charge in [-0.05, 0) is 48.9 Å². The highest BCUT2D eigenvalue weighted by atomic mass is 16.5. The smallest absolute Gasteiger partial charge is 0.145 e. The summed E-state index contributed by atoms with van der Waals surface area (Å²) in [5, 5.41) is 4.83. The Hall–Kier alpha value is -1.61. The van der Waals surface area contributed by atoms with E-state index in [4.69, 9.17) is 9.72 Å². The summed E-state index contributed by atoms with van der Waals surface area (Å²) in [6.07, 6.45) is 3.48. The zero-order chi connectivity index (χ0) is 14.8. The van der Waals surface area contributed by atoms with Crippen LogP contribution in [0.4, 0.5) is 0 Å². The average Bonchev–Trinajstić information content (AvgIpc) is 2.93. The molecule has 1 N–H and O–H groups in total. The van der Waals surface area contributed by atoms with E-state index in [1.807, 2.05) is 6.07 Å². The number of para-hydroxylation sites is 1. The van der Waals surface area contributed by atoms with Crippen LogP contribution in [0.1, 0.15) is 37.1 Å². The van der Waals surface area contributed by atoms with Crippen molar-refractivity contribution in [3.8, 4) is 5.75 Å². The van der Waals surface area contributed by atoms with Gasteiger partial charge in [0.1, 0.15) is 11.3 Å². The fourth-order valence-corrected chi connectivity index (χ4v) is 3.21. The molecule has 0 radical (unpaired) electrons. The zero-order valence-corrected chi connectivity index (χ0v) is 13.2. The fourth-order valence-electron chi connectivity index (χ4n) is 3.21. The summed E-state index contributed by atoms with van der Waals surface area (Å²) >= 11 is 0. The van der Waals surface area contributed by atoms with Crippen molar-refractivity contribution < 1.29 is 4.74 Å². The first-order valence-electron chi connectivity index (χ1n) is 7.88. The second-order valence-corrected chi connectivity index (χ2v) is 6.25. The molecule has 0 spiro atoms. The molecule has 3 nitrogen and oxygen atoms in total. The maximum absolute atomic E-state index is 5.50. The molecule has 0 aliphatic heterocycles. The van der Waals surface area contributed by atoms with Gasteiger partial charge in [-0.15, -0.1) is 0 Å². The number of nitrogens with one attached hydrogen (secondary N) is 1. The topological polar surface area (TPSA) is 34.1 Å². The van der Waals surface area contributed by atoms with Crippen LogP contribution in [0.5, 0.6) is 5.75 Å². The van der Waals surface area contributed by atoms with Crippen LogP contribution in [0, 0.1) is 5.92 Å². The van der Waals surface area contributed by atoms with E-state index in [9.17, 15) is 0 Å². The molecular formula is C18H24N2O. The third kappa shape index (κ3) is 2.75. The van der Waals surface area contributed by atoms with Gasteiger partial charge in [-0.1, -0.05) is 26.0 Å². The summed E-state index contributed by atoms with van der Waals surface area (Å²) in [4.78, 5) is 4.88. The van der Waals surface area contributed by atoms with E-state index >= 15 is 0 Å². The van der Waals surface area contributed by atoms with Crippen molar-refractivity contribution >= 4 is 10.9 Å². The van der Waals surface area contributed by atoms with Crippen LogP contribution in [0.25, 0.3) is 10.9 Å². The van der Waals surface area contributed by atoms with E-state index in [-0.39, 0.29) is 0 Å². The molecule has 3 heteroatoms. The van der Waals surface area contributed by atoms with E-state index in [0.29, 0.717) is 5.92 Å². The molecule has 0 unspecified atom stereocenters. The van der Waals surface area contributed by atoms with E-state index in [0.717, 1.165) is 37.2 Å². The predicted molar refractivity (Wildman–Crippen MR) is 86.9 cm³/mol. The molecule has 1 aliphatic carbocycles. The molecule has 0 saturated carbocycles. The monoisotopic (exact) mass is 284 g/mol. The minimum atomic E-state index is 0.667. The number of hydrogen-bond acceptors (Lipinski definition) is 3. The van der Waals surface area contributed by atoms with Crippen molar-refractivity contribution in [1.82, 2.24) is 10.3 Å². The van der Waals surface area contributed by atoms with Crippen LogP contribution >= 0.6 is 0 Å². The van der Waals surface area contributed by atoms with Crippen LogP contribution in [-0.2, 0) is 19.4 Å². The number of aryl methyl sites for hydroxylation is 1. The predicted octanol–water partition coefficient (Wildman–Crippen LogP) is 3.48. The van der Waals surface area contributed by atoms with Crippen LogP contribution in [-0.4, -0.2) is 18.6 Å². The molecule has 0 fully saturated rings. The first-order chi connectivity index (χ1) is 10.2. The van der Waals surface area contributed by atoms with Gasteiger partial charge in [0.25, 0.3) is 0 Å². The molecular weight excluding hydrogens is 260 g/mol. The Kier molecular flexibility index (Phi) is 4.11. The largest absolute Gasteiger partial charge is 0.494 e. The minimum Gasteiger partial charge on any atom is -0.494 e. The normalized spacial score (nSPS) is 13.9. The second-order valence-electron chi connectivity index (χ2n) is 6.25. The molecule has 0 saturated heterocycles. The highest BCUT2D eigenvalue weighted by Crippen LogP contribution is 2.33. The Morgan fingerprint density at radius 1 is 1.29 bits per heavy atom. The molecule has 1 heterocycles. The van der Waals surface area contributed by atoms with E-state index in [1.54, 1.807) is 7.11 Å². The standard InChI is InChI=1S/C18H24N2O/c1-12(2)10-19-11-15-13-6-4-8-16(13)20-18-14(15)7-5-9-17(18)21-3/h5,7,9,12,19H,4,6,8,10-11H2,1-3H3. The molecule has 112 valence electrons. The van der Waals surface area contributed by atoms with Crippen LogP contribution in [0.3, 0.4) is 0 Å². The van der Waals surface area contributed by atoms with Crippen molar-refractivity contribution in [2.75, 3.05) is 13.7 Å². The number of rotatable bonds is 5. The van der Waals surface area contributed by atoms with Crippen LogP contribution < -0.4 is 10.1 Å². The highest BCUT2D eigenvalue weighted by molar-refractivity contribution is 5.88. The molecule has 1 aromatic carbocycles. The summed E-state index contributed by atoms with van der Waals surface area (Å²) in [5.41, 5.74) is 5.18. The molecule has 0 bridgehead atoms. The van der Waals surface area contributed by atoms with Gasteiger partial charge in [0.15, 0.2) is 0 Å². The van der Waals surface area contributed by atoms with Gasteiger partial charge in [-0.25, -0.2) is 4.98 Å². The fraction of sp³-hybridized carbons (Fsp3) is 0.500. The maximum Gasteiger partial charge on any atom is 0.145 e. The summed E-state index contributed by atoms with van der Waals surface area (Å²) in [5.74, 6) is 1.55. The third-order valence-electron chi connectivity index (χ3n) is 4.20.